The van der Waals surface area contributed by atoms with Crippen LogP contribution in [-0.2, 0) is 55.8 Å². The predicted octanol–water partition coefficient (Wildman–Crippen LogP) is 29.8. The minimum Gasteiger partial charge on any atom is -0.463 e. The lowest BCUT2D eigenvalue weighted by Crippen LogP contribution is -2.30. The summed E-state index contributed by atoms with van der Waals surface area (Å²) in [5.74, 6) is -1.62. The molecule has 5 unspecified atom stereocenters. The van der Waals surface area contributed by atoms with Crippen molar-refractivity contribution >= 4 is 33.6 Å². The molecule has 0 rings (SSSR count). The van der Waals surface area contributed by atoms with E-state index in [1.54, 1.807) is 0 Å². The van der Waals surface area contributed by atoms with Gasteiger partial charge in [0, 0.05) is 19.3 Å². The number of rotatable bonds is 89. The molecule has 0 saturated heterocycles. The number of carbonyl (C=O) groups is 3. The Bertz CT molecular complexity index is 2980. The fourth-order valence-corrected chi connectivity index (χ4v) is 14.2. The summed E-state index contributed by atoms with van der Waals surface area (Å²) >= 11 is 0. The van der Waals surface area contributed by atoms with E-state index in [2.05, 4.69) is 215 Å². The average molecular weight is 1730 g/mol. The smallest absolute Gasteiger partial charge is 0.463 e. The predicted molar refractivity (Wildman–Crippen MR) is 509 cm³/mol. The van der Waals surface area contributed by atoms with Crippen LogP contribution in [0.4, 0.5) is 0 Å². The van der Waals surface area contributed by atoms with E-state index in [0.717, 1.165) is 154 Å². The Morgan fingerprint density at radius 2 is 0.438 bits per heavy atom. The van der Waals surface area contributed by atoms with Crippen LogP contribution in [0, 0.1) is 0 Å². The molecule has 0 aromatic heterocycles. The van der Waals surface area contributed by atoms with Gasteiger partial charge in [-0.3, -0.25) is 32.5 Å². The SMILES string of the molecule is CC/C=C\C/C=C\C/C=C\C/C=C\C/C=C\C/C=C\CCCCCCCCCCCCCCCCC(=O)OCC(O)COP(=O)(O)OCC(O)COP(=O)(O)OCC(COC(=O)CCCCCCCCCCCCCCCCC/C=C\C/C=C\C/C=C\C/C=C\CCCCC)OC(=O)CCCC/C=C\C/C=C\C/C=C\C/C=C\C/C=C\C/C=C\CC. The highest BCUT2D eigenvalue weighted by Gasteiger charge is 2.29. The standard InChI is InChI=1S/C103H172O16P2/c1-4-7-10-13-16-19-22-25-28-31-34-37-39-41-43-45-47-48-50-52-53-55-57-60-62-65-68-71-74-77-80-83-86-89-101(106)113-92-98(104)93-115-120(109,110)116-94-99(105)95-117-121(111,112)118-97-100(119-103(108)91-88-85-82-79-76-73-70-67-64-59-36-33-30-27-24-21-18-15-12-9-6-3)96-114-102(107)90-87-84-81-78-75-72-69-66-63-61-58-56-54-51-49-46-44-42-40-38-35-32-29-26-23-20-17-14-11-8-5-2/h7,9-10,12,16-21,25-30,34-38,41-44,47-48,59,67,70,76,79,98-100,104-105H,4-6,8,11,13-15,22-24,31-33,39-40,45-46,49-58,60-66,68-69,71-75,77-78,80-97H2,1-3H3,(H,109,110)(H,111,112)/b10-7-,12-9-,19-16-,20-17-,21-18-,28-25-,29-26-,30-27-,37-34-,38-35-,43-41-,44-42-,48-47-,59-36-,70-67-,79-76-. The van der Waals surface area contributed by atoms with Crippen molar-refractivity contribution in [3.05, 3.63) is 194 Å². The van der Waals surface area contributed by atoms with Gasteiger partial charge in [0.25, 0.3) is 0 Å². The van der Waals surface area contributed by atoms with Gasteiger partial charge in [0.1, 0.15) is 25.4 Å². The molecule has 0 radical (unpaired) electrons. The molecule has 0 heterocycles. The number of esters is 3. The second-order valence-corrected chi connectivity index (χ2v) is 34.3. The van der Waals surface area contributed by atoms with Gasteiger partial charge in [-0.15, -0.1) is 0 Å². The van der Waals surface area contributed by atoms with E-state index in [9.17, 15) is 43.5 Å². The summed E-state index contributed by atoms with van der Waals surface area (Å²) < 4.78 is 61.5. The van der Waals surface area contributed by atoms with E-state index < -0.39 is 91.5 Å². The summed E-state index contributed by atoms with van der Waals surface area (Å²) in [4.78, 5) is 59.0. The molecule has 18 heteroatoms. The van der Waals surface area contributed by atoms with Crippen molar-refractivity contribution in [2.24, 2.45) is 0 Å². The Hall–Kier alpha value is -5.61. The number of hydrogen-bond acceptors (Lipinski definition) is 14. The summed E-state index contributed by atoms with van der Waals surface area (Å²) in [6.45, 7) is 2.41. The van der Waals surface area contributed by atoms with E-state index >= 15 is 0 Å². The number of phosphoric acid groups is 2. The molecule has 16 nitrogen and oxygen atoms in total. The number of hydrogen-bond donors (Lipinski definition) is 4. The van der Waals surface area contributed by atoms with Crippen molar-refractivity contribution in [3.63, 3.8) is 0 Å². The number of ether oxygens (including phenoxy) is 3. The third kappa shape index (κ3) is 94.9. The molecule has 0 aliphatic heterocycles. The van der Waals surface area contributed by atoms with E-state index in [4.69, 9.17) is 32.3 Å². The molecule has 690 valence electrons. The zero-order chi connectivity index (χ0) is 87.9. The molecule has 0 aliphatic carbocycles. The molecular weight excluding hydrogens is 1560 g/mol. The number of allylic oxidation sites excluding steroid dienone is 32. The molecule has 0 spiro atoms. The second kappa shape index (κ2) is 93.5. The topological polar surface area (TPSA) is 231 Å². The third-order valence-electron chi connectivity index (χ3n) is 19.8. The van der Waals surface area contributed by atoms with Crippen LogP contribution in [0.1, 0.15) is 380 Å². The van der Waals surface area contributed by atoms with Crippen LogP contribution < -0.4 is 0 Å². The number of aliphatic hydroxyl groups excluding tert-OH is 2. The zero-order valence-corrected chi connectivity index (χ0v) is 77.9. The van der Waals surface area contributed by atoms with Crippen molar-refractivity contribution in [2.45, 2.75) is 399 Å². The van der Waals surface area contributed by atoms with Crippen molar-refractivity contribution in [1.29, 1.82) is 0 Å². The Kier molecular flexibility index (Phi) is 89.2. The first-order valence-corrected chi connectivity index (χ1v) is 50.7. The Balaban J connectivity index is 4.60. The molecule has 0 saturated carbocycles. The average Bonchev–Trinajstić information content (AvgIpc) is 0.889. The summed E-state index contributed by atoms with van der Waals surface area (Å²) in [7, 11) is -9.83. The van der Waals surface area contributed by atoms with Gasteiger partial charge < -0.3 is 34.2 Å². The maximum Gasteiger partial charge on any atom is 0.472 e. The summed E-state index contributed by atoms with van der Waals surface area (Å²) in [5.41, 5.74) is 0. The summed E-state index contributed by atoms with van der Waals surface area (Å²) in [6.07, 6.45) is 125. The van der Waals surface area contributed by atoms with Gasteiger partial charge in [-0.05, 0) is 167 Å². The van der Waals surface area contributed by atoms with Gasteiger partial charge >= 0.3 is 33.6 Å². The Morgan fingerprint density at radius 3 is 0.711 bits per heavy atom. The van der Waals surface area contributed by atoms with E-state index in [0.29, 0.717) is 25.7 Å². The highest BCUT2D eigenvalue weighted by molar-refractivity contribution is 7.47. The Labute approximate surface area is 737 Å². The van der Waals surface area contributed by atoms with Crippen LogP contribution in [0.15, 0.2) is 194 Å². The van der Waals surface area contributed by atoms with Gasteiger partial charge in [-0.2, -0.15) is 0 Å². The third-order valence-corrected chi connectivity index (χ3v) is 21.7. The monoisotopic (exact) mass is 1730 g/mol. The minimum absolute atomic E-state index is 0.0446. The van der Waals surface area contributed by atoms with Crippen molar-refractivity contribution < 1.29 is 75.8 Å². The fourth-order valence-electron chi connectivity index (χ4n) is 12.6. The molecule has 0 bridgehead atoms. The van der Waals surface area contributed by atoms with Gasteiger partial charge in [0.15, 0.2) is 6.10 Å². The second-order valence-electron chi connectivity index (χ2n) is 31.4. The first kappa shape index (κ1) is 115. The van der Waals surface area contributed by atoms with Crippen LogP contribution in [0.3, 0.4) is 0 Å². The van der Waals surface area contributed by atoms with Crippen LogP contribution in [-0.4, -0.2) is 95.9 Å². The molecule has 0 aromatic carbocycles. The lowest BCUT2D eigenvalue weighted by atomic mass is 10.0. The van der Waals surface area contributed by atoms with Crippen molar-refractivity contribution in [3.8, 4) is 0 Å². The van der Waals surface area contributed by atoms with Crippen LogP contribution in [0.5, 0.6) is 0 Å². The summed E-state index contributed by atoms with van der Waals surface area (Å²) in [5, 5.41) is 20.8. The molecule has 0 aliphatic rings. The number of phosphoric ester groups is 2. The molecule has 4 N–H and O–H groups in total. The van der Waals surface area contributed by atoms with E-state index in [1.807, 2.05) is 0 Å². The van der Waals surface area contributed by atoms with Gasteiger partial charge in [-0.1, -0.05) is 389 Å². The van der Waals surface area contributed by atoms with Crippen molar-refractivity contribution in [2.75, 3.05) is 39.6 Å². The minimum atomic E-state index is -4.96. The van der Waals surface area contributed by atoms with Crippen LogP contribution >= 0.6 is 15.6 Å². The lowest BCUT2D eigenvalue weighted by Gasteiger charge is -2.21. The largest absolute Gasteiger partial charge is 0.472 e. The number of unbranched alkanes of at least 4 members (excludes halogenated alkanes) is 34. The number of aliphatic hydroxyl groups is 2. The molecule has 5 atom stereocenters. The highest BCUT2D eigenvalue weighted by atomic mass is 31.2. The van der Waals surface area contributed by atoms with Crippen LogP contribution in [0.25, 0.3) is 0 Å². The van der Waals surface area contributed by atoms with Crippen molar-refractivity contribution in [1.82, 2.24) is 0 Å². The zero-order valence-electron chi connectivity index (χ0n) is 76.1. The molecule has 0 amide bonds. The molecule has 0 fully saturated rings. The van der Waals surface area contributed by atoms with Crippen LogP contribution in [0.2, 0.25) is 0 Å². The maximum atomic E-state index is 13.1. The lowest BCUT2D eigenvalue weighted by molar-refractivity contribution is -0.161. The quantitative estimate of drug-likeness (QED) is 0.0146. The molecule has 0 aromatic rings. The molecule has 121 heavy (non-hydrogen) atoms. The van der Waals surface area contributed by atoms with Gasteiger partial charge in [0.2, 0.25) is 0 Å². The highest BCUT2D eigenvalue weighted by Crippen LogP contribution is 2.45. The Morgan fingerprint density at radius 1 is 0.240 bits per heavy atom. The molecular formula is C103H172O16P2. The van der Waals surface area contributed by atoms with Gasteiger partial charge in [-0.25, -0.2) is 9.13 Å². The van der Waals surface area contributed by atoms with E-state index in [-0.39, 0.29) is 19.3 Å². The fraction of sp³-hybridized carbons (Fsp3) is 0.660. The normalized spacial score (nSPS) is 14.6. The van der Waals surface area contributed by atoms with E-state index in [1.165, 1.54) is 161 Å². The maximum absolute atomic E-state index is 13.1. The van der Waals surface area contributed by atoms with Gasteiger partial charge in [0.05, 0.1) is 26.4 Å². The summed E-state index contributed by atoms with van der Waals surface area (Å²) in [6, 6.07) is 0. The first-order chi connectivity index (χ1) is 59.2. The first-order valence-electron chi connectivity index (χ1n) is 47.7. The number of carbonyl (C=O) groups excluding carboxylic acids is 3.